The molecule has 1 aromatic carbocycles. The SMILES string of the molecule is Cc1cc(N2CCN(CC(=O)Nc3ccc(F)cc3Cl)CC2)nc(C(C)C)n1. The highest BCUT2D eigenvalue weighted by Gasteiger charge is 2.21. The van der Waals surface area contributed by atoms with Crippen LogP contribution < -0.4 is 10.2 Å². The number of anilines is 2. The summed E-state index contributed by atoms with van der Waals surface area (Å²) >= 11 is 5.96. The van der Waals surface area contributed by atoms with Crippen molar-refractivity contribution in [1.29, 1.82) is 0 Å². The summed E-state index contributed by atoms with van der Waals surface area (Å²) in [5.74, 6) is 1.48. The number of nitrogens with one attached hydrogen (secondary N) is 1. The summed E-state index contributed by atoms with van der Waals surface area (Å²) in [4.78, 5) is 25.8. The Balaban J connectivity index is 1.55. The highest BCUT2D eigenvalue weighted by molar-refractivity contribution is 6.33. The number of hydrogen-bond acceptors (Lipinski definition) is 5. The van der Waals surface area contributed by atoms with Gasteiger partial charge in [0.2, 0.25) is 5.91 Å². The molecule has 1 aliphatic rings. The lowest BCUT2D eigenvalue weighted by atomic mass is 10.2. The van der Waals surface area contributed by atoms with Gasteiger partial charge in [-0.25, -0.2) is 14.4 Å². The molecule has 0 unspecified atom stereocenters. The molecule has 1 aliphatic heterocycles. The Morgan fingerprint density at radius 1 is 1.21 bits per heavy atom. The van der Waals surface area contributed by atoms with Crippen LogP contribution in [0.15, 0.2) is 24.3 Å². The van der Waals surface area contributed by atoms with Crippen molar-refractivity contribution in [2.45, 2.75) is 26.7 Å². The van der Waals surface area contributed by atoms with Gasteiger partial charge in [0.25, 0.3) is 0 Å². The molecule has 0 saturated carbocycles. The van der Waals surface area contributed by atoms with Crippen LogP contribution in [0.25, 0.3) is 0 Å². The molecule has 1 saturated heterocycles. The van der Waals surface area contributed by atoms with Gasteiger partial charge in [-0.15, -0.1) is 0 Å². The number of hydrogen-bond donors (Lipinski definition) is 1. The fourth-order valence-corrected chi connectivity index (χ4v) is 3.33. The summed E-state index contributed by atoms with van der Waals surface area (Å²) < 4.78 is 13.1. The number of benzene rings is 1. The number of carbonyl (C=O) groups excluding carboxylic acids is 1. The second kappa shape index (κ2) is 8.84. The molecule has 0 bridgehead atoms. The van der Waals surface area contributed by atoms with E-state index in [4.69, 9.17) is 11.6 Å². The van der Waals surface area contributed by atoms with Gasteiger partial charge < -0.3 is 10.2 Å². The second-order valence-corrected chi connectivity index (χ2v) is 7.72. The van der Waals surface area contributed by atoms with Crippen LogP contribution in [0.4, 0.5) is 15.9 Å². The Labute approximate surface area is 169 Å². The average Bonchev–Trinajstić information content (AvgIpc) is 2.64. The van der Waals surface area contributed by atoms with E-state index < -0.39 is 5.82 Å². The van der Waals surface area contributed by atoms with Crippen LogP contribution in [0.2, 0.25) is 5.02 Å². The smallest absolute Gasteiger partial charge is 0.238 e. The van der Waals surface area contributed by atoms with Crippen molar-refractivity contribution in [3.8, 4) is 0 Å². The number of rotatable bonds is 5. The van der Waals surface area contributed by atoms with E-state index in [1.807, 2.05) is 13.0 Å². The molecule has 0 radical (unpaired) electrons. The first-order valence-corrected chi connectivity index (χ1v) is 9.77. The van der Waals surface area contributed by atoms with Crippen molar-refractivity contribution in [3.05, 3.63) is 46.6 Å². The van der Waals surface area contributed by atoms with E-state index in [1.54, 1.807) is 0 Å². The van der Waals surface area contributed by atoms with E-state index in [0.29, 0.717) is 5.69 Å². The fourth-order valence-electron chi connectivity index (χ4n) is 3.11. The maximum atomic E-state index is 13.1. The van der Waals surface area contributed by atoms with Crippen molar-refractivity contribution in [3.63, 3.8) is 0 Å². The molecule has 1 aromatic heterocycles. The van der Waals surface area contributed by atoms with E-state index in [9.17, 15) is 9.18 Å². The lowest BCUT2D eigenvalue weighted by Gasteiger charge is -2.35. The van der Waals surface area contributed by atoms with E-state index >= 15 is 0 Å². The Kier molecular flexibility index (Phi) is 6.46. The maximum Gasteiger partial charge on any atom is 0.238 e. The molecule has 28 heavy (non-hydrogen) atoms. The van der Waals surface area contributed by atoms with Crippen molar-refractivity contribution < 1.29 is 9.18 Å². The van der Waals surface area contributed by atoms with Gasteiger partial charge >= 0.3 is 0 Å². The van der Waals surface area contributed by atoms with E-state index in [1.165, 1.54) is 18.2 Å². The average molecular weight is 406 g/mol. The van der Waals surface area contributed by atoms with Gasteiger partial charge in [-0.2, -0.15) is 0 Å². The molecule has 3 rings (SSSR count). The largest absolute Gasteiger partial charge is 0.354 e. The summed E-state index contributed by atoms with van der Waals surface area (Å²) in [6.45, 7) is 9.51. The van der Waals surface area contributed by atoms with Crippen LogP contribution >= 0.6 is 11.6 Å². The molecule has 0 atom stereocenters. The number of nitrogens with zero attached hydrogens (tertiary/aromatic N) is 4. The van der Waals surface area contributed by atoms with Crippen LogP contribution in [-0.4, -0.2) is 53.5 Å². The molecular formula is C20H25ClFN5O. The van der Waals surface area contributed by atoms with Gasteiger partial charge in [0.15, 0.2) is 0 Å². The molecule has 8 heteroatoms. The molecule has 1 amide bonds. The summed E-state index contributed by atoms with van der Waals surface area (Å²) in [7, 11) is 0. The van der Waals surface area contributed by atoms with Gasteiger partial charge in [-0.3, -0.25) is 9.69 Å². The topological polar surface area (TPSA) is 61.4 Å². The van der Waals surface area contributed by atoms with Crippen LogP contribution in [0, 0.1) is 12.7 Å². The predicted octanol–water partition coefficient (Wildman–Crippen LogP) is 3.46. The molecule has 2 heterocycles. The summed E-state index contributed by atoms with van der Waals surface area (Å²) in [5.41, 5.74) is 1.39. The molecule has 6 nitrogen and oxygen atoms in total. The lowest BCUT2D eigenvalue weighted by Crippen LogP contribution is -2.49. The Hall–Kier alpha value is -2.25. The molecule has 1 fully saturated rings. The highest BCUT2D eigenvalue weighted by atomic mass is 35.5. The number of aromatic nitrogens is 2. The van der Waals surface area contributed by atoms with E-state index in [2.05, 4.69) is 38.9 Å². The quantitative estimate of drug-likeness (QED) is 0.825. The number of amides is 1. The fraction of sp³-hybridized carbons (Fsp3) is 0.450. The Morgan fingerprint density at radius 2 is 1.93 bits per heavy atom. The number of piperazine rings is 1. The van der Waals surface area contributed by atoms with E-state index in [-0.39, 0.29) is 23.4 Å². The van der Waals surface area contributed by atoms with Gasteiger partial charge in [-0.1, -0.05) is 25.4 Å². The zero-order chi connectivity index (χ0) is 20.3. The van der Waals surface area contributed by atoms with Gasteiger partial charge in [0, 0.05) is 43.9 Å². The molecule has 150 valence electrons. The standard InChI is InChI=1S/C20H25ClFN5O/c1-13(2)20-23-14(3)10-18(25-20)27-8-6-26(7-9-27)12-19(28)24-17-5-4-15(22)11-16(17)21/h4-5,10-11,13H,6-9,12H2,1-3H3,(H,24,28). The van der Waals surface area contributed by atoms with Crippen molar-refractivity contribution in [2.75, 3.05) is 42.9 Å². The van der Waals surface area contributed by atoms with E-state index in [0.717, 1.165) is 43.5 Å². The third-order valence-corrected chi connectivity index (χ3v) is 4.96. The minimum atomic E-state index is -0.431. The van der Waals surface area contributed by atoms with Crippen LogP contribution in [0.3, 0.4) is 0 Å². The number of halogens is 2. The molecule has 1 N–H and O–H groups in total. The number of carbonyl (C=O) groups is 1. The van der Waals surface area contributed by atoms with Gasteiger partial charge in [0.1, 0.15) is 17.5 Å². The molecule has 0 spiro atoms. The monoisotopic (exact) mass is 405 g/mol. The zero-order valence-electron chi connectivity index (χ0n) is 16.4. The normalized spacial score (nSPS) is 15.1. The zero-order valence-corrected chi connectivity index (χ0v) is 17.1. The van der Waals surface area contributed by atoms with Crippen LogP contribution in [0.5, 0.6) is 0 Å². The minimum Gasteiger partial charge on any atom is -0.354 e. The maximum absolute atomic E-state index is 13.1. The first kappa shape index (κ1) is 20.5. The predicted molar refractivity (Wildman–Crippen MR) is 110 cm³/mol. The van der Waals surface area contributed by atoms with Crippen LogP contribution in [0.1, 0.15) is 31.3 Å². The first-order chi connectivity index (χ1) is 13.3. The summed E-state index contributed by atoms with van der Waals surface area (Å²) in [5, 5.41) is 2.93. The van der Waals surface area contributed by atoms with Crippen molar-refractivity contribution in [2.24, 2.45) is 0 Å². The third kappa shape index (κ3) is 5.17. The number of aryl methyl sites for hydroxylation is 1. The molecule has 2 aromatic rings. The highest BCUT2D eigenvalue weighted by Crippen LogP contribution is 2.22. The van der Waals surface area contributed by atoms with Gasteiger partial charge in [-0.05, 0) is 25.1 Å². The van der Waals surface area contributed by atoms with Gasteiger partial charge in [0.05, 0.1) is 17.3 Å². The lowest BCUT2D eigenvalue weighted by molar-refractivity contribution is -0.117. The first-order valence-electron chi connectivity index (χ1n) is 9.39. The molecular weight excluding hydrogens is 381 g/mol. The van der Waals surface area contributed by atoms with Crippen LogP contribution in [-0.2, 0) is 4.79 Å². The summed E-state index contributed by atoms with van der Waals surface area (Å²) in [6.07, 6.45) is 0. The van der Waals surface area contributed by atoms with Crippen molar-refractivity contribution >= 4 is 29.0 Å². The third-order valence-electron chi connectivity index (χ3n) is 4.64. The summed E-state index contributed by atoms with van der Waals surface area (Å²) in [6, 6.07) is 5.93. The van der Waals surface area contributed by atoms with Crippen molar-refractivity contribution in [1.82, 2.24) is 14.9 Å². The molecule has 0 aliphatic carbocycles. The Morgan fingerprint density at radius 3 is 2.57 bits per heavy atom. The Bertz CT molecular complexity index is 852. The second-order valence-electron chi connectivity index (χ2n) is 7.32. The minimum absolute atomic E-state index is 0.165.